The van der Waals surface area contributed by atoms with Crippen molar-refractivity contribution in [3.05, 3.63) is 28.8 Å². The third-order valence-electron chi connectivity index (χ3n) is 2.54. The quantitative estimate of drug-likeness (QED) is 0.784. The van der Waals surface area contributed by atoms with E-state index in [0.717, 1.165) is 16.7 Å². The number of hydrogen-bond donors (Lipinski definition) is 2. The highest BCUT2D eigenvalue weighted by Gasteiger charge is 2.19. The maximum absolute atomic E-state index is 10.8. The number of hydrogen-bond acceptors (Lipinski definition) is 2. The molecule has 4 heteroatoms. The van der Waals surface area contributed by atoms with Gasteiger partial charge in [-0.2, -0.15) is 0 Å². The Bertz CT molecular complexity index is 419. The minimum atomic E-state index is -1.85. The summed E-state index contributed by atoms with van der Waals surface area (Å²) in [5.74, 6) is 0.354. The summed E-state index contributed by atoms with van der Waals surface area (Å²) in [4.78, 5) is 0. The van der Waals surface area contributed by atoms with E-state index in [1.54, 1.807) is 6.07 Å². The summed E-state index contributed by atoms with van der Waals surface area (Å²) in [6.45, 7) is 7.82. The minimum Gasteiger partial charge on any atom is -0.508 e. The van der Waals surface area contributed by atoms with Crippen LogP contribution < -0.4 is 0 Å². The van der Waals surface area contributed by atoms with Gasteiger partial charge in [-0.25, -0.2) is 4.21 Å². The lowest BCUT2D eigenvalue weighted by molar-refractivity contribution is 0.446. The van der Waals surface area contributed by atoms with E-state index in [-0.39, 0.29) is 16.9 Å². The van der Waals surface area contributed by atoms with Gasteiger partial charge in [0.25, 0.3) is 0 Å². The zero-order valence-electron chi connectivity index (χ0n) is 10.1. The molecule has 16 heavy (non-hydrogen) atoms. The molecule has 0 fully saturated rings. The SMILES string of the molecule is Cc1cc(O)c(C(C)(C)C)cc1CS(=O)O. The third-order valence-corrected chi connectivity index (χ3v) is 3.10. The molecule has 1 aromatic carbocycles. The van der Waals surface area contributed by atoms with Gasteiger partial charge in [0.2, 0.25) is 0 Å². The van der Waals surface area contributed by atoms with Gasteiger partial charge in [0, 0.05) is 0 Å². The van der Waals surface area contributed by atoms with E-state index in [1.165, 1.54) is 0 Å². The largest absolute Gasteiger partial charge is 0.508 e. The van der Waals surface area contributed by atoms with E-state index in [9.17, 15) is 9.32 Å². The van der Waals surface area contributed by atoms with Crippen LogP contribution in [-0.4, -0.2) is 13.9 Å². The van der Waals surface area contributed by atoms with Crippen molar-refractivity contribution in [1.82, 2.24) is 0 Å². The standard InChI is InChI=1S/C12H18O3S/c1-8-5-11(13)10(12(2,3)4)6-9(8)7-16(14)15/h5-6,13H,7H2,1-4H3,(H,14,15). The van der Waals surface area contributed by atoms with Gasteiger partial charge in [0.1, 0.15) is 5.75 Å². The summed E-state index contributed by atoms with van der Waals surface area (Å²) in [7, 11) is 0. The zero-order valence-corrected chi connectivity index (χ0v) is 10.9. The smallest absolute Gasteiger partial charge is 0.157 e. The molecule has 0 aliphatic heterocycles. The molecule has 0 heterocycles. The van der Waals surface area contributed by atoms with Crippen LogP contribution in [0.25, 0.3) is 0 Å². The first kappa shape index (κ1) is 13.2. The van der Waals surface area contributed by atoms with Crippen molar-refractivity contribution < 1.29 is 13.9 Å². The van der Waals surface area contributed by atoms with Crippen molar-refractivity contribution in [3.63, 3.8) is 0 Å². The number of aryl methyl sites for hydroxylation is 1. The number of phenolic OH excluding ortho intramolecular Hbond substituents is 1. The average Bonchev–Trinajstić information content (AvgIpc) is 2.06. The van der Waals surface area contributed by atoms with Crippen molar-refractivity contribution in [2.75, 3.05) is 0 Å². The van der Waals surface area contributed by atoms with Gasteiger partial charge in [0.05, 0.1) is 5.75 Å². The second-order valence-electron chi connectivity index (χ2n) is 5.01. The van der Waals surface area contributed by atoms with Crippen LogP contribution in [0.1, 0.15) is 37.5 Å². The number of phenols is 1. The Morgan fingerprint density at radius 3 is 2.31 bits per heavy atom. The van der Waals surface area contributed by atoms with E-state index in [4.69, 9.17) is 4.55 Å². The fraction of sp³-hybridized carbons (Fsp3) is 0.500. The van der Waals surface area contributed by atoms with Crippen LogP contribution in [0.15, 0.2) is 12.1 Å². The fourth-order valence-corrected chi connectivity index (χ4v) is 2.20. The molecular weight excluding hydrogens is 224 g/mol. The Kier molecular flexibility index (Phi) is 3.76. The van der Waals surface area contributed by atoms with Crippen LogP contribution >= 0.6 is 0 Å². The Hall–Kier alpha value is -0.870. The second-order valence-corrected chi connectivity index (χ2v) is 5.94. The molecule has 0 saturated carbocycles. The van der Waals surface area contributed by atoms with E-state index < -0.39 is 11.1 Å². The maximum Gasteiger partial charge on any atom is 0.157 e. The average molecular weight is 242 g/mol. The molecule has 2 N–H and O–H groups in total. The van der Waals surface area contributed by atoms with E-state index in [1.807, 2.05) is 33.8 Å². The van der Waals surface area contributed by atoms with Crippen LogP contribution in [0.2, 0.25) is 0 Å². The number of aromatic hydroxyl groups is 1. The minimum absolute atomic E-state index is 0.106. The maximum atomic E-state index is 10.8. The van der Waals surface area contributed by atoms with Crippen LogP contribution in [0.4, 0.5) is 0 Å². The first-order valence-corrected chi connectivity index (χ1v) is 6.40. The summed E-state index contributed by atoms with van der Waals surface area (Å²) < 4.78 is 19.7. The predicted octanol–water partition coefficient (Wildman–Crippen LogP) is 2.72. The molecule has 0 spiro atoms. The summed E-state index contributed by atoms with van der Waals surface area (Å²) >= 11 is -1.85. The molecule has 0 amide bonds. The van der Waals surface area contributed by atoms with Gasteiger partial charge >= 0.3 is 0 Å². The van der Waals surface area contributed by atoms with Crippen molar-refractivity contribution in [3.8, 4) is 5.75 Å². The first-order chi connectivity index (χ1) is 7.21. The van der Waals surface area contributed by atoms with Crippen molar-refractivity contribution in [1.29, 1.82) is 0 Å². The first-order valence-electron chi connectivity index (χ1n) is 5.12. The highest BCUT2D eigenvalue weighted by Crippen LogP contribution is 2.33. The van der Waals surface area contributed by atoms with Crippen molar-refractivity contribution >= 4 is 11.1 Å². The van der Waals surface area contributed by atoms with Gasteiger partial charge in [-0.05, 0) is 35.1 Å². The van der Waals surface area contributed by atoms with Crippen LogP contribution in [0.5, 0.6) is 5.75 Å². The van der Waals surface area contributed by atoms with Gasteiger partial charge in [0.15, 0.2) is 11.1 Å². The van der Waals surface area contributed by atoms with E-state index in [2.05, 4.69) is 0 Å². The molecule has 0 aliphatic rings. The zero-order chi connectivity index (χ0) is 12.5. The molecule has 0 saturated heterocycles. The Morgan fingerprint density at radius 1 is 1.31 bits per heavy atom. The van der Waals surface area contributed by atoms with Crippen LogP contribution in [0, 0.1) is 6.92 Å². The monoisotopic (exact) mass is 242 g/mol. The number of rotatable bonds is 2. The molecule has 0 radical (unpaired) electrons. The molecule has 90 valence electrons. The highest BCUT2D eigenvalue weighted by atomic mass is 32.2. The Morgan fingerprint density at radius 2 is 1.88 bits per heavy atom. The van der Waals surface area contributed by atoms with Crippen molar-refractivity contribution in [2.24, 2.45) is 0 Å². The lowest BCUT2D eigenvalue weighted by atomic mass is 9.84. The second kappa shape index (κ2) is 4.55. The number of benzene rings is 1. The Balaban J connectivity index is 3.27. The lowest BCUT2D eigenvalue weighted by Gasteiger charge is -2.22. The van der Waals surface area contributed by atoms with Gasteiger partial charge in [-0.1, -0.05) is 26.8 Å². The highest BCUT2D eigenvalue weighted by molar-refractivity contribution is 7.78. The summed E-state index contributed by atoms with van der Waals surface area (Å²) in [5.41, 5.74) is 2.28. The summed E-state index contributed by atoms with van der Waals surface area (Å²) in [6, 6.07) is 3.47. The van der Waals surface area contributed by atoms with Gasteiger partial charge in [-0.15, -0.1) is 0 Å². The van der Waals surface area contributed by atoms with Crippen LogP contribution in [0.3, 0.4) is 0 Å². The fourth-order valence-electron chi connectivity index (χ4n) is 1.63. The van der Waals surface area contributed by atoms with Crippen molar-refractivity contribution in [2.45, 2.75) is 38.9 Å². The van der Waals surface area contributed by atoms with Gasteiger partial charge < -0.3 is 9.66 Å². The molecular formula is C12H18O3S. The molecule has 1 rings (SSSR count). The topological polar surface area (TPSA) is 57.5 Å². The van der Waals surface area contributed by atoms with Crippen LogP contribution in [-0.2, 0) is 22.2 Å². The van der Waals surface area contributed by atoms with E-state index >= 15 is 0 Å². The molecule has 1 aromatic rings. The molecule has 3 nitrogen and oxygen atoms in total. The predicted molar refractivity (Wildman–Crippen MR) is 66.0 cm³/mol. The molecule has 0 aromatic heterocycles. The summed E-state index contributed by atoms with van der Waals surface area (Å²) in [6.07, 6.45) is 0. The van der Waals surface area contributed by atoms with E-state index in [0.29, 0.717) is 0 Å². The molecule has 1 atom stereocenters. The molecule has 0 aliphatic carbocycles. The third kappa shape index (κ3) is 3.06. The lowest BCUT2D eigenvalue weighted by Crippen LogP contribution is -2.12. The summed E-state index contributed by atoms with van der Waals surface area (Å²) in [5, 5.41) is 9.85. The Labute approximate surface area is 98.8 Å². The van der Waals surface area contributed by atoms with Gasteiger partial charge in [-0.3, -0.25) is 0 Å². The normalized spacial score (nSPS) is 13.8. The molecule has 0 bridgehead atoms. The molecule has 1 unspecified atom stereocenters.